The van der Waals surface area contributed by atoms with E-state index in [-0.39, 0.29) is 11.9 Å². The Morgan fingerprint density at radius 3 is 2.79 bits per heavy atom. The van der Waals surface area contributed by atoms with Crippen molar-refractivity contribution in [3.05, 3.63) is 30.1 Å². The molecule has 0 fully saturated rings. The molecule has 0 spiro atoms. The molecule has 5 nitrogen and oxygen atoms in total. The van der Waals surface area contributed by atoms with Gasteiger partial charge in [0.05, 0.1) is 11.7 Å². The zero-order valence-corrected chi connectivity index (χ0v) is 11.8. The minimum Gasteiger partial charge on any atom is -0.368 e. The number of nitrogens with two attached hydrogens (primary N) is 1. The lowest BCUT2D eigenvalue weighted by molar-refractivity contribution is -0.120. The summed E-state index contributed by atoms with van der Waals surface area (Å²) in [7, 11) is 4.09. The molecule has 1 atom stereocenters. The van der Waals surface area contributed by atoms with Crippen molar-refractivity contribution in [2.75, 3.05) is 20.6 Å². The Bertz CT molecular complexity index is 367. The summed E-state index contributed by atoms with van der Waals surface area (Å²) in [6, 6.07) is 5.46. The molecule has 0 aliphatic heterocycles. The molecule has 0 aromatic carbocycles. The van der Waals surface area contributed by atoms with E-state index in [1.807, 2.05) is 32.3 Å². The molecule has 1 aromatic heterocycles. The van der Waals surface area contributed by atoms with Gasteiger partial charge in [-0.25, -0.2) is 0 Å². The first-order chi connectivity index (χ1) is 9.09. The zero-order valence-electron chi connectivity index (χ0n) is 11.8. The van der Waals surface area contributed by atoms with E-state index in [9.17, 15) is 4.79 Å². The fourth-order valence-electron chi connectivity index (χ4n) is 1.85. The topological polar surface area (TPSA) is 71.2 Å². The van der Waals surface area contributed by atoms with E-state index in [1.165, 1.54) is 0 Å². The Labute approximate surface area is 115 Å². The normalized spacial score (nSPS) is 12.6. The third-order valence-electron chi connectivity index (χ3n) is 2.95. The lowest BCUT2D eigenvalue weighted by Gasteiger charge is -2.16. The van der Waals surface area contributed by atoms with Crippen molar-refractivity contribution < 1.29 is 4.79 Å². The molecule has 1 amide bonds. The summed E-state index contributed by atoms with van der Waals surface area (Å²) < 4.78 is 0. The number of hydrogen-bond acceptors (Lipinski definition) is 4. The average molecular weight is 264 g/mol. The average Bonchev–Trinajstić information content (AvgIpc) is 2.38. The molecular weight excluding hydrogens is 240 g/mol. The first kappa shape index (κ1) is 15.6. The molecule has 0 bridgehead atoms. The lowest BCUT2D eigenvalue weighted by atomic mass is 10.1. The number of pyridine rings is 1. The molecule has 1 heterocycles. The Kier molecular flexibility index (Phi) is 7.07. The second kappa shape index (κ2) is 8.61. The predicted molar refractivity (Wildman–Crippen MR) is 76.5 cm³/mol. The smallest absolute Gasteiger partial charge is 0.234 e. The van der Waals surface area contributed by atoms with Crippen molar-refractivity contribution in [3.63, 3.8) is 0 Å². The van der Waals surface area contributed by atoms with Crippen LogP contribution in [0.25, 0.3) is 0 Å². The summed E-state index contributed by atoms with van der Waals surface area (Å²) in [6.45, 7) is 1.61. The van der Waals surface area contributed by atoms with Crippen LogP contribution in [-0.2, 0) is 11.3 Å². The van der Waals surface area contributed by atoms with Gasteiger partial charge >= 0.3 is 0 Å². The van der Waals surface area contributed by atoms with Crippen LogP contribution in [-0.4, -0.2) is 42.5 Å². The van der Waals surface area contributed by atoms with E-state index >= 15 is 0 Å². The van der Waals surface area contributed by atoms with Gasteiger partial charge in [-0.05, 0) is 45.6 Å². The monoisotopic (exact) mass is 264 g/mol. The molecule has 0 radical (unpaired) electrons. The summed E-state index contributed by atoms with van der Waals surface area (Å²) in [5.41, 5.74) is 6.33. The van der Waals surface area contributed by atoms with Gasteiger partial charge in [-0.2, -0.15) is 0 Å². The number of hydrogen-bond donors (Lipinski definition) is 2. The largest absolute Gasteiger partial charge is 0.368 e. The van der Waals surface area contributed by atoms with Gasteiger partial charge in [-0.1, -0.05) is 12.5 Å². The first-order valence-electron chi connectivity index (χ1n) is 6.67. The minimum absolute atomic E-state index is 0.274. The number of rotatable bonds is 9. The fourth-order valence-corrected chi connectivity index (χ4v) is 1.85. The molecule has 19 heavy (non-hydrogen) atoms. The Morgan fingerprint density at radius 2 is 2.21 bits per heavy atom. The van der Waals surface area contributed by atoms with Crippen molar-refractivity contribution in [3.8, 4) is 0 Å². The first-order valence-corrected chi connectivity index (χ1v) is 6.67. The molecule has 5 heteroatoms. The van der Waals surface area contributed by atoms with Gasteiger partial charge in [-0.3, -0.25) is 9.78 Å². The molecule has 0 aliphatic rings. The van der Waals surface area contributed by atoms with Crippen molar-refractivity contribution in [2.45, 2.75) is 31.8 Å². The third-order valence-corrected chi connectivity index (χ3v) is 2.95. The maximum atomic E-state index is 11.4. The predicted octanol–water partition coefficient (Wildman–Crippen LogP) is 0.757. The summed E-state index contributed by atoms with van der Waals surface area (Å²) in [4.78, 5) is 17.7. The van der Waals surface area contributed by atoms with Crippen molar-refractivity contribution in [2.24, 2.45) is 5.73 Å². The number of nitrogens with zero attached hydrogens (tertiary/aromatic N) is 2. The fraction of sp³-hybridized carbons (Fsp3) is 0.571. The van der Waals surface area contributed by atoms with Gasteiger partial charge in [0.25, 0.3) is 0 Å². The number of nitrogens with one attached hydrogen (secondary N) is 1. The van der Waals surface area contributed by atoms with Crippen LogP contribution in [0.2, 0.25) is 0 Å². The SMILES string of the molecule is CN(C)CCCCC(NCc1ccccn1)C(N)=O. The van der Waals surface area contributed by atoms with Crippen LogP contribution < -0.4 is 11.1 Å². The molecule has 1 unspecified atom stereocenters. The molecular formula is C14H24N4O. The summed E-state index contributed by atoms with van der Waals surface area (Å²) in [5, 5.41) is 3.17. The van der Waals surface area contributed by atoms with Gasteiger partial charge in [0.1, 0.15) is 0 Å². The Balaban J connectivity index is 2.30. The molecule has 0 aliphatic carbocycles. The van der Waals surface area contributed by atoms with Gasteiger partial charge in [0.2, 0.25) is 5.91 Å². The van der Waals surface area contributed by atoms with E-state index in [0.29, 0.717) is 6.54 Å². The van der Waals surface area contributed by atoms with Crippen molar-refractivity contribution in [1.82, 2.24) is 15.2 Å². The highest BCUT2D eigenvalue weighted by molar-refractivity contribution is 5.79. The second-order valence-electron chi connectivity index (χ2n) is 4.96. The molecule has 1 aromatic rings. The maximum absolute atomic E-state index is 11.4. The highest BCUT2D eigenvalue weighted by atomic mass is 16.1. The molecule has 1 rings (SSSR count). The van der Waals surface area contributed by atoms with Crippen LogP contribution in [0.15, 0.2) is 24.4 Å². The quantitative estimate of drug-likeness (QED) is 0.646. The molecule has 0 saturated carbocycles. The number of aromatic nitrogens is 1. The van der Waals surface area contributed by atoms with E-state index < -0.39 is 0 Å². The van der Waals surface area contributed by atoms with Crippen LogP contribution in [0.1, 0.15) is 25.0 Å². The van der Waals surface area contributed by atoms with Crippen LogP contribution in [0.4, 0.5) is 0 Å². The summed E-state index contributed by atoms with van der Waals surface area (Å²) in [6.07, 6.45) is 4.58. The zero-order chi connectivity index (χ0) is 14.1. The number of primary amides is 1. The van der Waals surface area contributed by atoms with Gasteiger partial charge in [0, 0.05) is 12.7 Å². The molecule has 106 valence electrons. The van der Waals surface area contributed by atoms with E-state index in [0.717, 1.165) is 31.5 Å². The Hall–Kier alpha value is -1.46. The van der Waals surface area contributed by atoms with Gasteiger partial charge in [0.15, 0.2) is 0 Å². The van der Waals surface area contributed by atoms with Gasteiger partial charge < -0.3 is 16.0 Å². The number of carbonyl (C=O) groups excluding carboxylic acids is 1. The maximum Gasteiger partial charge on any atom is 0.234 e. The summed E-state index contributed by atoms with van der Waals surface area (Å²) in [5.74, 6) is -0.291. The van der Waals surface area contributed by atoms with Crippen LogP contribution in [0.5, 0.6) is 0 Å². The second-order valence-corrected chi connectivity index (χ2v) is 4.96. The van der Waals surface area contributed by atoms with E-state index in [4.69, 9.17) is 5.73 Å². The Morgan fingerprint density at radius 1 is 1.42 bits per heavy atom. The number of unbranched alkanes of at least 4 members (excludes halogenated alkanes) is 1. The third kappa shape index (κ3) is 6.88. The number of amides is 1. The lowest BCUT2D eigenvalue weighted by Crippen LogP contribution is -2.41. The summed E-state index contributed by atoms with van der Waals surface area (Å²) >= 11 is 0. The van der Waals surface area contributed by atoms with Crippen LogP contribution in [0, 0.1) is 0 Å². The van der Waals surface area contributed by atoms with Crippen LogP contribution >= 0.6 is 0 Å². The standard InChI is InChI=1S/C14H24N4O/c1-18(2)10-6-4-8-13(14(15)19)17-11-12-7-3-5-9-16-12/h3,5,7,9,13,17H,4,6,8,10-11H2,1-2H3,(H2,15,19). The molecule has 3 N–H and O–H groups in total. The number of carbonyl (C=O) groups is 1. The van der Waals surface area contributed by atoms with Gasteiger partial charge in [-0.15, -0.1) is 0 Å². The minimum atomic E-state index is -0.291. The van der Waals surface area contributed by atoms with Crippen molar-refractivity contribution in [1.29, 1.82) is 0 Å². The highest BCUT2D eigenvalue weighted by Gasteiger charge is 2.14. The molecule has 0 saturated heterocycles. The van der Waals surface area contributed by atoms with E-state index in [1.54, 1.807) is 6.20 Å². The van der Waals surface area contributed by atoms with Crippen LogP contribution in [0.3, 0.4) is 0 Å². The van der Waals surface area contributed by atoms with E-state index in [2.05, 4.69) is 15.2 Å². The highest BCUT2D eigenvalue weighted by Crippen LogP contribution is 2.03. The van der Waals surface area contributed by atoms with Crippen molar-refractivity contribution >= 4 is 5.91 Å².